The molecule has 0 saturated carbocycles. The Labute approximate surface area is 111 Å². The molecule has 0 aliphatic heterocycles. The van der Waals surface area contributed by atoms with E-state index in [1.54, 1.807) is 19.5 Å². The minimum atomic E-state index is 0.382. The van der Waals surface area contributed by atoms with Crippen molar-refractivity contribution in [2.75, 3.05) is 26.9 Å². The van der Waals surface area contributed by atoms with Crippen molar-refractivity contribution in [1.29, 1.82) is 0 Å². The zero-order valence-corrected chi connectivity index (χ0v) is 11.1. The van der Waals surface area contributed by atoms with E-state index in [0.29, 0.717) is 25.7 Å². The third-order valence-corrected chi connectivity index (χ3v) is 2.88. The van der Waals surface area contributed by atoms with Crippen molar-refractivity contribution in [1.82, 2.24) is 14.5 Å². The van der Waals surface area contributed by atoms with Crippen molar-refractivity contribution >= 4 is 22.6 Å². The minimum absolute atomic E-state index is 0.382. The summed E-state index contributed by atoms with van der Waals surface area (Å²) in [6.07, 6.45) is 3.50. The van der Waals surface area contributed by atoms with E-state index in [2.05, 4.69) is 14.5 Å². The Kier molecular flexibility index (Phi) is 4.92. The molecule has 18 heavy (non-hydrogen) atoms. The van der Waals surface area contributed by atoms with Crippen LogP contribution in [0, 0.1) is 0 Å². The molecule has 0 N–H and O–H groups in total. The first-order valence-electron chi connectivity index (χ1n) is 5.78. The molecule has 0 aliphatic carbocycles. The van der Waals surface area contributed by atoms with Gasteiger partial charge in [-0.05, 0) is 6.07 Å². The maximum atomic E-state index is 5.90. The number of hydrogen-bond acceptors (Lipinski definition) is 4. The molecule has 0 amide bonds. The van der Waals surface area contributed by atoms with Gasteiger partial charge in [-0.25, -0.2) is 4.98 Å². The Hall–Kier alpha value is -1.17. The third kappa shape index (κ3) is 2.98. The lowest BCUT2D eigenvalue weighted by Crippen LogP contribution is -2.11. The normalized spacial score (nSPS) is 11.2. The highest BCUT2D eigenvalue weighted by atomic mass is 35.5. The predicted octanol–water partition coefficient (Wildman–Crippen LogP) is 1.83. The van der Waals surface area contributed by atoms with Gasteiger partial charge in [0, 0.05) is 19.9 Å². The van der Waals surface area contributed by atoms with Crippen LogP contribution >= 0.6 is 11.6 Å². The summed E-state index contributed by atoms with van der Waals surface area (Å²) in [6.45, 7) is 2.55. The number of pyridine rings is 1. The van der Waals surface area contributed by atoms with Gasteiger partial charge in [0.2, 0.25) is 0 Å². The smallest absolute Gasteiger partial charge is 0.124 e. The molecular formula is C12H16ClN3O2. The monoisotopic (exact) mass is 269 g/mol. The topological polar surface area (TPSA) is 49.2 Å². The molecule has 0 aliphatic rings. The number of nitrogens with zero attached hydrogens (tertiary/aromatic N) is 3. The Morgan fingerprint density at radius 2 is 2.22 bits per heavy atom. The van der Waals surface area contributed by atoms with Gasteiger partial charge in [-0.15, -0.1) is 11.6 Å². The first-order chi connectivity index (χ1) is 8.86. The number of ether oxygens (including phenoxy) is 2. The minimum Gasteiger partial charge on any atom is -0.382 e. The second-order valence-corrected chi connectivity index (χ2v) is 4.05. The molecule has 0 bridgehead atoms. The fraction of sp³-hybridized carbons (Fsp3) is 0.500. The molecule has 2 heterocycles. The van der Waals surface area contributed by atoms with E-state index in [4.69, 9.17) is 21.1 Å². The van der Waals surface area contributed by atoms with Gasteiger partial charge in [-0.1, -0.05) is 0 Å². The molecule has 0 spiro atoms. The Bertz CT molecular complexity index is 501. The molecule has 0 fully saturated rings. The summed E-state index contributed by atoms with van der Waals surface area (Å²) in [7, 11) is 1.66. The fourth-order valence-electron chi connectivity index (χ4n) is 1.78. The van der Waals surface area contributed by atoms with Gasteiger partial charge in [0.1, 0.15) is 11.3 Å². The maximum absolute atomic E-state index is 5.90. The summed E-state index contributed by atoms with van der Waals surface area (Å²) in [5.41, 5.74) is 1.90. The SMILES string of the molecule is COCCOCCn1c(CCl)nc2cnccc21. The van der Waals surface area contributed by atoms with Crippen LogP contribution in [-0.4, -0.2) is 41.5 Å². The van der Waals surface area contributed by atoms with E-state index in [9.17, 15) is 0 Å². The highest BCUT2D eigenvalue weighted by Crippen LogP contribution is 2.16. The van der Waals surface area contributed by atoms with E-state index in [-0.39, 0.29) is 0 Å². The second kappa shape index (κ2) is 6.68. The highest BCUT2D eigenvalue weighted by Gasteiger charge is 2.09. The van der Waals surface area contributed by atoms with Crippen molar-refractivity contribution in [3.05, 3.63) is 24.3 Å². The van der Waals surface area contributed by atoms with Gasteiger partial charge in [-0.2, -0.15) is 0 Å². The molecule has 0 radical (unpaired) electrons. The molecule has 0 atom stereocenters. The average Bonchev–Trinajstić information content (AvgIpc) is 2.77. The standard InChI is InChI=1S/C12H16ClN3O2/c1-17-6-7-18-5-4-16-11-2-3-14-9-10(11)15-12(16)8-13/h2-3,9H,4-8H2,1H3. The van der Waals surface area contributed by atoms with Crippen LogP contribution in [0.25, 0.3) is 11.0 Å². The number of rotatable bonds is 7. The van der Waals surface area contributed by atoms with E-state index in [1.165, 1.54) is 0 Å². The summed E-state index contributed by atoms with van der Waals surface area (Å²) in [5, 5.41) is 0. The molecule has 0 aromatic carbocycles. The average molecular weight is 270 g/mol. The summed E-state index contributed by atoms with van der Waals surface area (Å²) in [5.74, 6) is 1.22. The maximum Gasteiger partial charge on any atom is 0.124 e. The molecule has 5 nitrogen and oxygen atoms in total. The Morgan fingerprint density at radius 3 is 3.00 bits per heavy atom. The van der Waals surface area contributed by atoms with Crippen LogP contribution in [0.4, 0.5) is 0 Å². The van der Waals surface area contributed by atoms with Crippen molar-refractivity contribution in [2.24, 2.45) is 0 Å². The van der Waals surface area contributed by atoms with E-state index in [0.717, 1.165) is 23.4 Å². The van der Waals surface area contributed by atoms with Crippen LogP contribution < -0.4 is 0 Å². The van der Waals surface area contributed by atoms with Gasteiger partial charge >= 0.3 is 0 Å². The van der Waals surface area contributed by atoms with Crippen LogP contribution in [-0.2, 0) is 21.9 Å². The second-order valence-electron chi connectivity index (χ2n) is 3.78. The lowest BCUT2D eigenvalue weighted by atomic mass is 10.4. The van der Waals surface area contributed by atoms with Crippen LogP contribution in [0.1, 0.15) is 5.82 Å². The summed E-state index contributed by atoms with van der Waals surface area (Å²) >= 11 is 5.90. The highest BCUT2D eigenvalue weighted by molar-refractivity contribution is 6.16. The van der Waals surface area contributed by atoms with Gasteiger partial charge in [0.25, 0.3) is 0 Å². The van der Waals surface area contributed by atoms with Crippen molar-refractivity contribution < 1.29 is 9.47 Å². The predicted molar refractivity (Wildman–Crippen MR) is 69.8 cm³/mol. The van der Waals surface area contributed by atoms with Gasteiger partial charge in [0.15, 0.2) is 0 Å². The van der Waals surface area contributed by atoms with E-state index in [1.807, 2.05) is 6.07 Å². The molecule has 98 valence electrons. The summed E-state index contributed by atoms with van der Waals surface area (Å²) in [4.78, 5) is 8.49. The molecule has 0 saturated heterocycles. The summed E-state index contributed by atoms with van der Waals surface area (Å²) in [6, 6.07) is 1.94. The zero-order chi connectivity index (χ0) is 12.8. The molecule has 6 heteroatoms. The third-order valence-electron chi connectivity index (χ3n) is 2.64. The molecule has 2 aromatic heterocycles. The van der Waals surface area contributed by atoms with Crippen LogP contribution in [0.5, 0.6) is 0 Å². The number of halogens is 1. The fourth-order valence-corrected chi connectivity index (χ4v) is 1.99. The summed E-state index contributed by atoms with van der Waals surface area (Å²) < 4.78 is 12.5. The molecule has 2 rings (SSSR count). The van der Waals surface area contributed by atoms with Gasteiger partial charge < -0.3 is 14.0 Å². The number of alkyl halides is 1. The van der Waals surface area contributed by atoms with Crippen molar-refractivity contribution in [3.63, 3.8) is 0 Å². The van der Waals surface area contributed by atoms with Crippen LogP contribution in [0.15, 0.2) is 18.5 Å². The van der Waals surface area contributed by atoms with Gasteiger partial charge in [0.05, 0.1) is 37.4 Å². The lowest BCUT2D eigenvalue weighted by Gasteiger charge is -2.08. The van der Waals surface area contributed by atoms with E-state index < -0.39 is 0 Å². The van der Waals surface area contributed by atoms with Crippen LogP contribution in [0.2, 0.25) is 0 Å². The molecule has 2 aromatic rings. The Balaban J connectivity index is 2.06. The van der Waals surface area contributed by atoms with Crippen LogP contribution in [0.3, 0.4) is 0 Å². The molecular weight excluding hydrogens is 254 g/mol. The van der Waals surface area contributed by atoms with Crippen molar-refractivity contribution in [2.45, 2.75) is 12.4 Å². The number of fused-ring (bicyclic) bond motifs is 1. The van der Waals surface area contributed by atoms with Crippen molar-refractivity contribution in [3.8, 4) is 0 Å². The number of hydrogen-bond donors (Lipinski definition) is 0. The quantitative estimate of drug-likeness (QED) is 0.568. The van der Waals surface area contributed by atoms with Gasteiger partial charge in [-0.3, -0.25) is 4.98 Å². The zero-order valence-electron chi connectivity index (χ0n) is 10.3. The first-order valence-corrected chi connectivity index (χ1v) is 6.32. The largest absolute Gasteiger partial charge is 0.382 e. The number of imidazole rings is 1. The number of aromatic nitrogens is 3. The Morgan fingerprint density at radius 1 is 1.33 bits per heavy atom. The molecule has 0 unspecified atom stereocenters. The first kappa shape index (κ1) is 13.3. The number of methoxy groups -OCH3 is 1. The lowest BCUT2D eigenvalue weighted by molar-refractivity contribution is 0.0667. The van der Waals surface area contributed by atoms with E-state index >= 15 is 0 Å².